The molecule has 0 saturated carbocycles. The SMILES string of the molecule is C[n+]1ccn(C(=O)C2NCCc3ccccc32)c1.[I-]. The highest BCUT2D eigenvalue weighted by atomic mass is 127. The second-order valence-corrected chi connectivity index (χ2v) is 4.66. The molecule has 1 N–H and O–H groups in total. The largest absolute Gasteiger partial charge is 1.00 e. The van der Waals surface area contributed by atoms with Gasteiger partial charge in [-0.25, -0.2) is 9.36 Å². The highest BCUT2D eigenvalue weighted by molar-refractivity contribution is 5.85. The maximum absolute atomic E-state index is 12.5. The highest BCUT2D eigenvalue weighted by Gasteiger charge is 2.29. The van der Waals surface area contributed by atoms with Crippen LogP contribution in [0.2, 0.25) is 0 Å². The topological polar surface area (TPSA) is 37.9 Å². The van der Waals surface area contributed by atoms with Crippen molar-refractivity contribution in [3.63, 3.8) is 0 Å². The molecular weight excluding hydrogens is 353 g/mol. The zero-order valence-electron chi connectivity index (χ0n) is 10.7. The van der Waals surface area contributed by atoms with Crippen molar-refractivity contribution in [1.29, 1.82) is 0 Å². The van der Waals surface area contributed by atoms with Crippen LogP contribution in [-0.2, 0) is 13.5 Å². The molecule has 1 aliphatic heterocycles. The molecule has 0 fully saturated rings. The van der Waals surface area contributed by atoms with Crippen LogP contribution < -0.4 is 33.9 Å². The Hall–Kier alpha value is -1.21. The Balaban J connectivity index is 0.00000133. The molecule has 3 rings (SSSR count). The Bertz CT molecular complexity index is 594. The number of imidazole rings is 1. The van der Waals surface area contributed by atoms with Crippen molar-refractivity contribution in [1.82, 2.24) is 9.88 Å². The Morgan fingerprint density at radius 2 is 2.21 bits per heavy atom. The monoisotopic (exact) mass is 369 g/mol. The summed E-state index contributed by atoms with van der Waals surface area (Å²) in [7, 11) is 1.91. The zero-order chi connectivity index (χ0) is 12.5. The van der Waals surface area contributed by atoms with Gasteiger partial charge in [0.15, 0.2) is 0 Å². The van der Waals surface area contributed by atoms with E-state index in [1.165, 1.54) is 5.56 Å². The van der Waals surface area contributed by atoms with Gasteiger partial charge in [-0.3, -0.25) is 5.32 Å². The van der Waals surface area contributed by atoms with Crippen LogP contribution in [0.3, 0.4) is 0 Å². The smallest absolute Gasteiger partial charge is 0.335 e. The van der Waals surface area contributed by atoms with E-state index < -0.39 is 0 Å². The fourth-order valence-electron chi connectivity index (χ4n) is 2.45. The van der Waals surface area contributed by atoms with Gasteiger partial charge < -0.3 is 24.0 Å². The molecular formula is C14H16IN3O. The average Bonchev–Trinajstić information content (AvgIpc) is 2.84. The molecule has 0 saturated heterocycles. The number of aromatic nitrogens is 2. The number of halogens is 1. The summed E-state index contributed by atoms with van der Waals surface area (Å²) in [5, 5.41) is 3.30. The third-order valence-electron chi connectivity index (χ3n) is 3.38. The highest BCUT2D eigenvalue weighted by Crippen LogP contribution is 2.23. The molecule has 0 bridgehead atoms. The van der Waals surface area contributed by atoms with Gasteiger partial charge in [-0.2, -0.15) is 4.57 Å². The number of rotatable bonds is 1. The summed E-state index contributed by atoms with van der Waals surface area (Å²) >= 11 is 0. The van der Waals surface area contributed by atoms with Crippen LogP contribution >= 0.6 is 0 Å². The summed E-state index contributed by atoms with van der Waals surface area (Å²) in [6.45, 7) is 0.848. The van der Waals surface area contributed by atoms with Gasteiger partial charge in [0.25, 0.3) is 6.33 Å². The normalized spacial score (nSPS) is 17.4. The van der Waals surface area contributed by atoms with Gasteiger partial charge in [-0.1, -0.05) is 24.3 Å². The number of fused-ring (bicyclic) bond motifs is 1. The molecule has 1 aromatic carbocycles. The summed E-state index contributed by atoms with van der Waals surface area (Å²) in [5.74, 6) is 0.0720. The molecule has 0 amide bonds. The van der Waals surface area contributed by atoms with E-state index in [0.29, 0.717) is 0 Å². The van der Waals surface area contributed by atoms with Crippen LogP contribution in [0.1, 0.15) is 22.0 Å². The summed E-state index contributed by atoms with van der Waals surface area (Å²) < 4.78 is 3.51. The Morgan fingerprint density at radius 3 is 2.95 bits per heavy atom. The van der Waals surface area contributed by atoms with E-state index in [-0.39, 0.29) is 35.9 Å². The number of nitrogens with zero attached hydrogens (tertiary/aromatic N) is 2. The number of hydrogen-bond acceptors (Lipinski definition) is 2. The van der Waals surface area contributed by atoms with Crippen molar-refractivity contribution in [2.45, 2.75) is 12.5 Å². The van der Waals surface area contributed by atoms with Crippen molar-refractivity contribution in [3.05, 3.63) is 54.1 Å². The quantitative estimate of drug-likeness (QED) is 0.460. The molecule has 2 aromatic rings. The number of nitrogens with one attached hydrogen (secondary N) is 1. The summed E-state index contributed by atoms with van der Waals surface area (Å²) in [6, 6.07) is 7.92. The summed E-state index contributed by atoms with van der Waals surface area (Å²) in [4.78, 5) is 12.5. The second-order valence-electron chi connectivity index (χ2n) is 4.66. The number of carbonyl (C=O) groups excluding carboxylic acids is 1. The third kappa shape index (κ3) is 2.71. The lowest BCUT2D eigenvalue weighted by Gasteiger charge is -2.23. The van der Waals surface area contributed by atoms with Crippen LogP contribution in [0.5, 0.6) is 0 Å². The first-order valence-corrected chi connectivity index (χ1v) is 6.14. The van der Waals surface area contributed by atoms with Crippen molar-refractivity contribution in [2.24, 2.45) is 7.05 Å². The first kappa shape index (κ1) is 14.2. The van der Waals surface area contributed by atoms with E-state index in [1.807, 2.05) is 36.0 Å². The minimum atomic E-state index is -0.234. The number of benzene rings is 1. The summed E-state index contributed by atoms with van der Waals surface area (Å²) in [6.07, 6.45) is 6.44. The molecule has 100 valence electrons. The van der Waals surface area contributed by atoms with Gasteiger partial charge in [0.05, 0.1) is 7.05 Å². The number of hydrogen-bond donors (Lipinski definition) is 1. The van der Waals surface area contributed by atoms with E-state index in [9.17, 15) is 4.79 Å². The van der Waals surface area contributed by atoms with Gasteiger partial charge in [0, 0.05) is 6.54 Å². The standard InChI is InChI=1S/C14H16N3O.HI/c1-16-8-9-17(10-16)14(18)13-12-5-3-2-4-11(12)6-7-15-13;/h2-5,8-10,13,15H,6-7H2,1H3;1H/q+1;/p-1. The first-order chi connectivity index (χ1) is 8.75. The van der Waals surface area contributed by atoms with Crippen LogP contribution in [0.15, 0.2) is 43.0 Å². The molecule has 1 aromatic heterocycles. The lowest BCUT2D eigenvalue weighted by atomic mass is 9.94. The van der Waals surface area contributed by atoms with Gasteiger partial charge in [0.1, 0.15) is 18.4 Å². The van der Waals surface area contributed by atoms with Crippen molar-refractivity contribution < 1.29 is 33.3 Å². The Labute approximate surface area is 129 Å². The predicted molar refractivity (Wildman–Crippen MR) is 67.1 cm³/mol. The number of carbonyl (C=O) groups is 1. The van der Waals surface area contributed by atoms with Gasteiger partial charge in [-0.05, 0) is 17.5 Å². The van der Waals surface area contributed by atoms with Gasteiger partial charge in [0.2, 0.25) is 0 Å². The lowest BCUT2D eigenvalue weighted by Crippen LogP contribution is -3.00. The van der Waals surface area contributed by atoms with Gasteiger partial charge in [-0.15, -0.1) is 0 Å². The fourth-order valence-corrected chi connectivity index (χ4v) is 2.45. The molecule has 1 unspecified atom stereocenters. The average molecular weight is 369 g/mol. The van der Waals surface area contributed by atoms with Crippen molar-refractivity contribution >= 4 is 5.91 Å². The molecule has 5 heteroatoms. The Kier molecular flexibility index (Phi) is 4.36. The molecule has 2 heterocycles. The van der Waals surface area contributed by atoms with Crippen LogP contribution in [0, 0.1) is 0 Å². The Morgan fingerprint density at radius 1 is 1.42 bits per heavy atom. The van der Waals surface area contributed by atoms with E-state index in [4.69, 9.17) is 0 Å². The van der Waals surface area contributed by atoms with Gasteiger partial charge >= 0.3 is 5.91 Å². The lowest BCUT2D eigenvalue weighted by molar-refractivity contribution is -0.670. The maximum atomic E-state index is 12.5. The van der Waals surface area contributed by atoms with E-state index >= 15 is 0 Å². The fraction of sp³-hybridized carbons (Fsp3) is 0.286. The second kappa shape index (κ2) is 5.83. The molecule has 0 spiro atoms. The minimum Gasteiger partial charge on any atom is -1.00 e. The third-order valence-corrected chi connectivity index (χ3v) is 3.38. The van der Waals surface area contributed by atoms with Crippen LogP contribution in [-0.4, -0.2) is 17.0 Å². The molecule has 1 aliphatic rings. The maximum Gasteiger partial charge on any atom is 0.335 e. The van der Waals surface area contributed by atoms with E-state index in [0.717, 1.165) is 18.5 Å². The van der Waals surface area contributed by atoms with E-state index in [2.05, 4.69) is 11.4 Å². The first-order valence-electron chi connectivity index (χ1n) is 6.14. The molecule has 19 heavy (non-hydrogen) atoms. The van der Waals surface area contributed by atoms with Crippen LogP contribution in [0.25, 0.3) is 0 Å². The van der Waals surface area contributed by atoms with Crippen molar-refractivity contribution in [3.8, 4) is 0 Å². The summed E-state index contributed by atoms with van der Waals surface area (Å²) in [5.41, 5.74) is 2.37. The minimum absolute atomic E-state index is 0. The number of aryl methyl sites for hydroxylation is 1. The van der Waals surface area contributed by atoms with Crippen molar-refractivity contribution in [2.75, 3.05) is 6.54 Å². The molecule has 4 nitrogen and oxygen atoms in total. The molecule has 0 aliphatic carbocycles. The zero-order valence-corrected chi connectivity index (χ0v) is 12.9. The predicted octanol–water partition coefficient (Wildman–Crippen LogP) is -2.16. The molecule has 1 atom stereocenters. The van der Waals surface area contributed by atoms with E-state index in [1.54, 1.807) is 17.1 Å². The van der Waals surface area contributed by atoms with Crippen LogP contribution in [0.4, 0.5) is 0 Å². The molecule has 0 radical (unpaired) electrons.